The third-order valence-corrected chi connectivity index (χ3v) is 1.94. The van der Waals surface area contributed by atoms with E-state index in [1.54, 1.807) is 0 Å². The molecule has 0 aromatic heterocycles. The quantitative estimate of drug-likeness (QED) is 0.541. The van der Waals surface area contributed by atoms with Gasteiger partial charge in [0, 0.05) is 12.3 Å². The van der Waals surface area contributed by atoms with Crippen molar-refractivity contribution in [3.8, 4) is 0 Å². The van der Waals surface area contributed by atoms with Crippen molar-refractivity contribution < 1.29 is 4.74 Å². The standard InChI is InChI=1S/C9H14O/c1-6(2)9-5-7(3)10-8(9)4/h6,9H,3-5H2,1-2H3. The summed E-state index contributed by atoms with van der Waals surface area (Å²) in [4.78, 5) is 0. The lowest BCUT2D eigenvalue weighted by atomic mass is 9.93. The van der Waals surface area contributed by atoms with Crippen LogP contribution in [0.25, 0.3) is 0 Å². The highest BCUT2D eigenvalue weighted by molar-refractivity contribution is 5.09. The van der Waals surface area contributed by atoms with Crippen molar-refractivity contribution in [3.05, 3.63) is 24.7 Å². The summed E-state index contributed by atoms with van der Waals surface area (Å²) in [6.45, 7) is 11.9. The van der Waals surface area contributed by atoms with Crippen molar-refractivity contribution in [3.63, 3.8) is 0 Å². The van der Waals surface area contributed by atoms with Crippen molar-refractivity contribution in [2.75, 3.05) is 0 Å². The van der Waals surface area contributed by atoms with Crippen LogP contribution >= 0.6 is 0 Å². The Morgan fingerprint density at radius 3 is 2.30 bits per heavy atom. The van der Waals surface area contributed by atoms with Crippen molar-refractivity contribution >= 4 is 0 Å². The zero-order valence-electron chi connectivity index (χ0n) is 6.68. The molecular weight excluding hydrogens is 124 g/mol. The number of rotatable bonds is 1. The molecule has 1 atom stereocenters. The Kier molecular flexibility index (Phi) is 1.84. The molecule has 10 heavy (non-hydrogen) atoms. The molecule has 1 heterocycles. The van der Waals surface area contributed by atoms with Crippen molar-refractivity contribution in [2.24, 2.45) is 11.8 Å². The Labute approximate surface area is 62.4 Å². The summed E-state index contributed by atoms with van der Waals surface area (Å²) in [5.74, 6) is 2.86. The van der Waals surface area contributed by atoms with Gasteiger partial charge < -0.3 is 4.74 Å². The van der Waals surface area contributed by atoms with Crippen molar-refractivity contribution in [1.82, 2.24) is 0 Å². The lowest BCUT2D eigenvalue weighted by Crippen LogP contribution is -2.04. The van der Waals surface area contributed by atoms with E-state index in [1.807, 2.05) is 0 Å². The predicted octanol–water partition coefficient (Wildman–Crippen LogP) is 2.71. The minimum Gasteiger partial charge on any atom is -0.467 e. The number of hydrogen-bond acceptors (Lipinski definition) is 1. The Morgan fingerprint density at radius 2 is 2.10 bits per heavy atom. The highest BCUT2D eigenvalue weighted by atomic mass is 16.5. The Morgan fingerprint density at radius 1 is 1.50 bits per heavy atom. The highest BCUT2D eigenvalue weighted by Crippen LogP contribution is 2.35. The molecule has 0 saturated carbocycles. The van der Waals surface area contributed by atoms with Crippen molar-refractivity contribution in [1.29, 1.82) is 0 Å². The van der Waals surface area contributed by atoms with Gasteiger partial charge in [0.2, 0.25) is 0 Å². The fraction of sp³-hybridized carbons (Fsp3) is 0.556. The summed E-state index contributed by atoms with van der Waals surface area (Å²) in [5.41, 5.74) is 0. The maximum absolute atomic E-state index is 5.25. The van der Waals surface area contributed by atoms with E-state index in [2.05, 4.69) is 27.0 Å². The molecule has 56 valence electrons. The van der Waals surface area contributed by atoms with Gasteiger partial charge in [-0.05, 0) is 5.92 Å². The third-order valence-electron chi connectivity index (χ3n) is 1.94. The molecule has 0 radical (unpaired) electrons. The topological polar surface area (TPSA) is 9.23 Å². The molecule has 1 heteroatoms. The number of ether oxygens (including phenoxy) is 1. The minimum atomic E-state index is 0.493. The first-order valence-electron chi connectivity index (χ1n) is 3.65. The average molecular weight is 138 g/mol. The fourth-order valence-corrected chi connectivity index (χ4v) is 1.27. The molecule has 0 amide bonds. The first-order valence-corrected chi connectivity index (χ1v) is 3.65. The Bertz CT molecular complexity index is 168. The summed E-state index contributed by atoms with van der Waals surface area (Å²) >= 11 is 0. The van der Waals surface area contributed by atoms with Crippen LogP contribution in [0.5, 0.6) is 0 Å². The van der Waals surface area contributed by atoms with E-state index in [1.165, 1.54) is 0 Å². The summed E-state index contributed by atoms with van der Waals surface area (Å²) in [7, 11) is 0. The van der Waals surface area contributed by atoms with Crippen LogP contribution < -0.4 is 0 Å². The molecule has 0 aromatic rings. The van der Waals surface area contributed by atoms with E-state index in [-0.39, 0.29) is 0 Å². The van der Waals surface area contributed by atoms with Crippen LogP contribution in [0.2, 0.25) is 0 Å². The second-order valence-electron chi connectivity index (χ2n) is 3.16. The van der Waals surface area contributed by atoms with Crippen LogP contribution in [0, 0.1) is 11.8 Å². The molecule has 0 aromatic carbocycles. The zero-order chi connectivity index (χ0) is 7.72. The van der Waals surface area contributed by atoms with E-state index < -0.39 is 0 Å². The van der Waals surface area contributed by atoms with Crippen LogP contribution in [0.4, 0.5) is 0 Å². The van der Waals surface area contributed by atoms with Crippen LogP contribution in [-0.4, -0.2) is 0 Å². The molecule has 0 N–H and O–H groups in total. The maximum atomic E-state index is 5.25. The molecule has 0 aliphatic carbocycles. The first-order chi connectivity index (χ1) is 4.61. The van der Waals surface area contributed by atoms with Crippen LogP contribution in [-0.2, 0) is 4.74 Å². The molecular formula is C9H14O. The first kappa shape index (κ1) is 7.39. The van der Waals surface area contributed by atoms with E-state index in [0.717, 1.165) is 17.9 Å². The van der Waals surface area contributed by atoms with Gasteiger partial charge in [-0.3, -0.25) is 0 Å². The maximum Gasteiger partial charge on any atom is 0.100 e. The van der Waals surface area contributed by atoms with Gasteiger partial charge in [0.15, 0.2) is 0 Å². The summed E-state index contributed by atoms with van der Waals surface area (Å²) in [5, 5.41) is 0. The second kappa shape index (κ2) is 2.49. The molecule has 0 bridgehead atoms. The number of allylic oxidation sites excluding steroid dienone is 2. The molecule has 0 spiro atoms. The normalized spacial score (nSPS) is 25.7. The molecule has 1 saturated heterocycles. The van der Waals surface area contributed by atoms with Gasteiger partial charge >= 0.3 is 0 Å². The summed E-state index contributed by atoms with van der Waals surface area (Å²) < 4.78 is 5.25. The van der Waals surface area contributed by atoms with Gasteiger partial charge in [-0.1, -0.05) is 27.0 Å². The largest absolute Gasteiger partial charge is 0.467 e. The lowest BCUT2D eigenvalue weighted by molar-refractivity contribution is 0.315. The van der Waals surface area contributed by atoms with Crippen LogP contribution in [0.1, 0.15) is 20.3 Å². The second-order valence-corrected chi connectivity index (χ2v) is 3.16. The SMILES string of the molecule is C=C1CC(C(C)C)C(=C)O1. The lowest BCUT2D eigenvalue weighted by Gasteiger charge is -2.10. The molecule has 1 unspecified atom stereocenters. The zero-order valence-corrected chi connectivity index (χ0v) is 6.68. The fourth-order valence-electron chi connectivity index (χ4n) is 1.27. The third kappa shape index (κ3) is 1.23. The van der Waals surface area contributed by atoms with E-state index in [9.17, 15) is 0 Å². The molecule has 1 aliphatic rings. The highest BCUT2D eigenvalue weighted by Gasteiger charge is 2.26. The summed E-state index contributed by atoms with van der Waals surface area (Å²) in [6, 6.07) is 0. The van der Waals surface area contributed by atoms with E-state index in [4.69, 9.17) is 4.74 Å². The van der Waals surface area contributed by atoms with Gasteiger partial charge in [-0.2, -0.15) is 0 Å². The monoisotopic (exact) mass is 138 g/mol. The van der Waals surface area contributed by atoms with Gasteiger partial charge in [0.25, 0.3) is 0 Å². The smallest absolute Gasteiger partial charge is 0.100 e. The van der Waals surface area contributed by atoms with E-state index >= 15 is 0 Å². The van der Waals surface area contributed by atoms with Gasteiger partial charge in [-0.15, -0.1) is 0 Å². The predicted molar refractivity (Wildman–Crippen MR) is 42.3 cm³/mol. The number of hydrogen-bond donors (Lipinski definition) is 0. The minimum absolute atomic E-state index is 0.493. The van der Waals surface area contributed by atoms with Gasteiger partial charge in [0.1, 0.15) is 5.76 Å². The van der Waals surface area contributed by atoms with Gasteiger partial charge in [-0.25, -0.2) is 0 Å². The van der Waals surface area contributed by atoms with Gasteiger partial charge in [0.05, 0.1) is 5.76 Å². The molecule has 1 fully saturated rings. The summed E-state index contributed by atoms with van der Waals surface area (Å²) in [6.07, 6.45) is 0.955. The average Bonchev–Trinajstić information content (AvgIpc) is 2.10. The van der Waals surface area contributed by atoms with Crippen molar-refractivity contribution in [2.45, 2.75) is 20.3 Å². The van der Waals surface area contributed by atoms with E-state index in [0.29, 0.717) is 11.8 Å². The molecule has 1 rings (SSSR count). The van der Waals surface area contributed by atoms with Crippen LogP contribution in [0.15, 0.2) is 24.7 Å². The Hall–Kier alpha value is -0.720. The molecule has 1 nitrogen and oxygen atoms in total. The van der Waals surface area contributed by atoms with Crippen LogP contribution in [0.3, 0.4) is 0 Å². The Balaban J connectivity index is 2.63. The molecule has 1 aliphatic heterocycles.